The molecule has 1 aromatic rings. The van der Waals surface area contributed by atoms with Gasteiger partial charge in [-0.15, -0.1) is 13.2 Å². The van der Waals surface area contributed by atoms with Gasteiger partial charge in [-0.25, -0.2) is 4.98 Å². The van der Waals surface area contributed by atoms with Gasteiger partial charge in [0, 0.05) is 31.3 Å². The molecule has 1 aromatic heterocycles. The van der Waals surface area contributed by atoms with E-state index in [2.05, 4.69) is 38.9 Å². The van der Waals surface area contributed by atoms with Crippen molar-refractivity contribution in [2.24, 2.45) is 0 Å². The normalized spacial score (nSPS) is 11.2. The predicted octanol–water partition coefficient (Wildman–Crippen LogP) is 3.41. The Bertz CT molecular complexity index is 499. The number of nitrogens with zero attached hydrogens (tertiary/aromatic N) is 2. The van der Waals surface area contributed by atoms with Gasteiger partial charge in [0.15, 0.2) is 5.89 Å². The fourth-order valence-corrected chi connectivity index (χ4v) is 1.95. The minimum atomic E-state index is -0.120. The van der Waals surface area contributed by atoms with Crippen LogP contribution in [0.1, 0.15) is 44.5 Å². The lowest BCUT2D eigenvalue weighted by atomic mass is 9.97. The maximum absolute atomic E-state index is 12.2. The molecule has 1 heterocycles. The molecule has 0 aliphatic carbocycles. The Morgan fingerprint density at radius 3 is 2.29 bits per heavy atom. The smallest absolute Gasteiger partial charge is 0.223 e. The van der Waals surface area contributed by atoms with E-state index >= 15 is 0 Å². The largest absolute Gasteiger partial charge is 0.445 e. The molecular weight excluding hydrogens is 264 g/mol. The van der Waals surface area contributed by atoms with Crippen molar-refractivity contribution in [3.05, 3.63) is 42.7 Å². The molecule has 0 aliphatic rings. The third-order valence-corrected chi connectivity index (χ3v) is 3.15. The topological polar surface area (TPSA) is 46.3 Å². The van der Waals surface area contributed by atoms with Crippen molar-refractivity contribution in [1.82, 2.24) is 9.88 Å². The highest BCUT2D eigenvalue weighted by Gasteiger charge is 2.22. The first-order valence-corrected chi connectivity index (χ1v) is 7.26. The average Bonchev–Trinajstić information content (AvgIpc) is 2.77. The predicted molar refractivity (Wildman–Crippen MR) is 85.2 cm³/mol. The summed E-state index contributed by atoms with van der Waals surface area (Å²) in [4.78, 5) is 18.4. The lowest BCUT2D eigenvalue weighted by molar-refractivity contribution is -0.130. The van der Waals surface area contributed by atoms with E-state index in [0.717, 1.165) is 17.3 Å². The summed E-state index contributed by atoms with van der Waals surface area (Å²) >= 11 is 0. The number of oxazole rings is 1. The van der Waals surface area contributed by atoms with Gasteiger partial charge in [-0.1, -0.05) is 32.9 Å². The maximum atomic E-state index is 12.2. The summed E-state index contributed by atoms with van der Waals surface area (Å²) in [5.74, 6) is 1.59. The molecule has 0 unspecified atom stereocenters. The molecule has 0 spiro atoms. The fraction of sp³-hybridized carbons (Fsp3) is 0.529. The van der Waals surface area contributed by atoms with Gasteiger partial charge in [-0.05, 0) is 6.92 Å². The highest BCUT2D eigenvalue weighted by molar-refractivity contribution is 5.76. The molecule has 116 valence electrons. The Kier molecular flexibility index (Phi) is 5.94. The summed E-state index contributed by atoms with van der Waals surface area (Å²) < 4.78 is 5.81. The van der Waals surface area contributed by atoms with Crippen molar-refractivity contribution in [2.45, 2.75) is 46.0 Å². The molecule has 0 radical (unpaired) electrons. The van der Waals surface area contributed by atoms with Crippen LogP contribution in [0.5, 0.6) is 0 Å². The molecular formula is C17H26N2O2. The van der Waals surface area contributed by atoms with E-state index in [0.29, 0.717) is 25.9 Å². The van der Waals surface area contributed by atoms with E-state index in [-0.39, 0.29) is 11.3 Å². The molecule has 1 amide bonds. The monoisotopic (exact) mass is 290 g/mol. The van der Waals surface area contributed by atoms with E-state index in [1.54, 1.807) is 17.1 Å². The van der Waals surface area contributed by atoms with E-state index in [9.17, 15) is 4.79 Å². The van der Waals surface area contributed by atoms with Crippen LogP contribution in [-0.4, -0.2) is 28.9 Å². The molecule has 0 aromatic carbocycles. The molecule has 21 heavy (non-hydrogen) atoms. The molecule has 0 saturated carbocycles. The Hall–Kier alpha value is -1.84. The van der Waals surface area contributed by atoms with Gasteiger partial charge in [-0.2, -0.15) is 0 Å². The average molecular weight is 290 g/mol. The number of aryl methyl sites for hydroxylation is 2. The summed E-state index contributed by atoms with van der Waals surface area (Å²) in [5.41, 5.74) is 0.747. The van der Waals surface area contributed by atoms with Crippen molar-refractivity contribution in [2.75, 3.05) is 13.1 Å². The zero-order valence-corrected chi connectivity index (χ0v) is 13.6. The van der Waals surface area contributed by atoms with Gasteiger partial charge < -0.3 is 9.32 Å². The number of rotatable bonds is 7. The zero-order chi connectivity index (χ0) is 16.0. The zero-order valence-electron chi connectivity index (χ0n) is 13.6. The van der Waals surface area contributed by atoms with Gasteiger partial charge in [-0.3, -0.25) is 4.79 Å². The molecule has 0 atom stereocenters. The molecule has 4 nitrogen and oxygen atoms in total. The van der Waals surface area contributed by atoms with Gasteiger partial charge in [0.2, 0.25) is 5.91 Å². The highest BCUT2D eigenvalue weighted by atomic mass is 16.4. The number of hydrogen-bond acceptors (Lipinski definition) is 3. The number of aromatic nitrogens is 1. The number of hydrogen-bond donors (Lipinski definition) is 0. The van der Waals surface area contributed by atoms with Crippen molar-refractivity contribution in [1.29, 1.82) is 0 Å². The van der Waals surface area contributed by atoms with Crippen molar-refractivity contribution in [3.63, 3.8) is 0 Å². The van der Waals surface area contributed by atoms with Crippen LogP contribution in [-0.2, 0) is 16.6 Å². The molecule has 0 fully saturated rings. The number of carbonyl (C=O) groups excluding carboxylic acids is 1. The molecule has 0 bridgehead atoms. The lowest BCUT2D eigenvalue weighted by Crippen LogP contribution is -2.31. The Labute approximate surface area is 127 Å². The fourth-order valence-electron chi connectivity index (χ4n) is 1.95. The summed E-state index contributed by atoms with van der Waals surface area (Å²) in [6.07, 6.45) is 4.41. The van der Waals surface area contributed by atoms with Crippen LogP contribution in [0, 0.1) is 6.92 Å². The summed E-state index contributed by atoms with van der Waals surface area (Å²) in [6.45, 7) is 16.5. The van der Waals surface area contributed by atoms with Crippen molar-refractivity contribution >= 4 is 5.91 Å². The van der Waals surface area contributed by atoms with Crippen LogP contribution in [0.2, 0.25) is 0 Å². The van der Waals surface area contributed by atoms with Crippen LogP contribution in [0.4, 0.5) is 0 Å². The molecule has 1 rings (SSSR count). The minimum Gasteiger partial charge on any atom is -0.445 e. The van der Waals surface area contributed by atoms with Crippen LogP contribution < -0.4 is 0 Å². The van der Waals surface area contributed by atoms with Gasteiger partial charge in [0.05, 0.1) is 5.69 Å². The molecule has 4 heteroatoms. The van der Waals surface area contributed by atoms with Crippen LogP contribution in [0.25, 0.3) is 0 Å². The van der Waals surface area contributed by atoms with Gasteiger partial charge in [0.1, 0.15) is 5.76 Å². The first kappa shape index (κ1) is 17.2. The van der Waals surface area contributed by atoms with E-state index in [1.165, 1.54) is 0 Å². The first-order valence-electron chi connectivity index (χ1n) is 7.26. The van der Waals surface area contributed by atoms with Gasteiger partial charge in [0.25, 0.3) is 0 Å². The SMILES string of the molecule is C=CCN(CC=C)C(=O)CCc1oc(C(C)(C)C)nc1C. The van der Waals surface area contributed by atoms with Crippen molar-refractivity contribution in [3.8, 4) is 0 Å². The van der Waals surface area contributed by atoms with Gasteiger partial charge >= 0.3 is 0 Å². The molecule has 0 N–H and O–H groups in total. The Morgan fingerprint density at radius 1 is 1.29 bits per heavy atom. The van der Waals surface area contributed by atoms with E-state index < -0.39 is 0 Å². The quantitative estimate of drug-likeness (QED) is 0.723. The standard InChI is InChI=1S/C17H26N2O2/c1-7-11-19(12-8-2)15(20)10-9-14-13(3)18-16(21-14)17(4,5)6/h7-8H,1-2,9-12H2,3-6H3. The second-order valence-corrected chi connectivity index (χ2v) is 6.15. The highest BCUT2D eigenvalue weighted by Crippen LogP contribution is 2.24. The summed E-state index contributed by atoms with van der Waals surface area (Å²) in [7, 11) is 0. The van der Waals surface area contributed by atoms with Crippen LogP contribution in [0.15, 0.2) is 29.7 Å². The summed E-state index contributed by atoms with van der Waals surface area (Å²) in [6, 6.07) is 0. The Balaban J connectivity index is 2.70. The van der Waals surface area contributed by atoms with E-state index in [4.69, 9.17) is 4.42 Å². The first-order chi connectivity index (χ1) is 9.79. The molecule has 0 aliphatic heterocycles. The maximum Gasteiger partial charge on any atom is 0.223 e. The van der Waals surface area contributed by atoms with Crippen LogP contribution >= 0.6 is 0 Å². The van der Waals surface area contributed by atoms with Crippen LogP contribution in [0.3, 0.4) is 0 Å². The number of carbonyl (C=O) groups is 1. The lowest BCUT2D eigenvalue weighted by Gasteiger charge is -2.18. The molecule has 0 saturated heterocycles. The Morgan fingerprint density at radius 2 is 1.86 bits per heavy atom. The second kappa shape index (κ2) is 7.25. The third-order valence-electron chi connectivity index (χ3n) is 3.15. The van der Waals surface area contributed by atoms with E-state index in [1.807, 2.05) is 6.92 Å². The number of amides is 1. The minimum absolute atomic E-state index is 0.0721. The van der Waals surface area contributed by atoms with Crippen molar-refractivity contribution < 1.29 is 9.21 Å². The third kappa shape index (κ3) is 4.88. The second-order valence-electron chi connectivity index (χ2n) is 6.15. The summed E-state index contributed by atoms with van der Waals surface area (Å²) in [5, 5.41) is 0.